The molecule has 0 saturated carbocycles. The van der Waals surface area contributed by atoms with Gasteiger partial charge >= 0.3 is 5.97 Å². The molecule has 2 fully saturated rings. The number of hydrogen-bond acceptors (Lipinski definition) is 11. The summed E-state index contributed by atoms with van der Waals surface area (Å²) in [6, 6.07) is 7.32. The van der Waals surface area contributed by atoms with Crippen molar-refractivity contribution in [3.8, 4) is 16.2 Å². The quantitative estimate of drug-likeness (QED) is 0.0410. The largest absolute Gasteiger partial charge is 0.493 e. The summed E-state index contributed by atoms with van der Waals surface area (Å²) in [7, 11) is 0. The number of likely N-dealkylation sites (tertiary alicyclic amines) is 1. The van der Waals surface area contributed by atoms with Crippen LogP contribution >= 0.6 is 11.3 Å². The zero-order chi connectivity index (χ0) is 55.7. The average molecular weight is 1100 g/mol. The van der Waals surface area contributed by atoms with Crippen LogP contribution in [0.1, 0.15) is 154 Å². The number of alkyl halides is 1. The van der Waals surface area contributed by atoms with Gasteiger partial charge in [-0.3, -0.25) is 19.3 Å². The Hall–Kier alpha value is -5.78. The third kappa shape index (κ3) is 14.7. The van der Waals surface area contributed by atoms with Crippen molar-refractivity contribution < 1.29 is 41.8 Å². The van der Waals surface area contributed by atoms with Crippen molar-refractivity contribution in [2.24, 2.45) is 11.3 Å². The minimum absolute atomic E-state index is 0.0229. The second-order valence-electron chi connectivity index (χ2n) is 23.6. The molecule has 4 aliphatic heterocycles. The van der Waals surface area contributed by atoms with E-state index in [9.17, 15) is 19.2 Å². The second-order valence-corrected chi connectivity index (χ2v) is 24.4. The first-order valence-electron chi connectivity index (χ1n) is 28.2. The Bertz CT molecular complexity index is 2730. The van der Waals surface area contributed by atoms with Crippen LogP contribution in [0, 0.1) is 29.9 Å². The molecular weight excluding hydrogens is 1020 g/mol. The summed E-state index contributed by atoms with van der Waals surface area (Å²) in [6.45, 7) is 14.0. The Labute approximate surface area is 462 Å². The molecule has 1 aliphatic carbocycles. The highest BCUT2D eigenvalue weighted by Gasteiger charge is 2.47. The molecule has 5 heterocycles. The van der Waals surface area contributed by atoms with Gasteiger partial charge in [0, 0.05) is 73.5 Å². The first-order chi connectivity index (χ1) is 37.3. The van der Waals surface area contributed by atoms with Crippen LogP contribution in [-0.2, 0) is 30.5 Å². The molecular formula is C61H80F3N7O6S. The highest BCUT2D eigenvalue weighted by atomic mass is 32.1. The van der Waals surface area contributed by atoms with Crippen molar-refractivity contribution in [3.05, 3.63) is 117 Å². The lowest BCUT2D eigenvalue weighted by molar-refractivity contribution is -0.143. The van der Waals surface area contributed by atoms with Gasteiger partial charge in [0.05, 0.1) is 35.0 Å². The van der Waals surface area contributed by atoms with E-state index in [0.717, 1.165) is 103 Å². The van der Waals surface area contributed by atoms with E-state index in [1.54, 1.807) is 11.3 Å². The number of allylic oxidation sites excluding steroid dienone is 4. The predicted molar refractivity (Wildman–Crippen MR) is 298 cm³/mol. The molecule has 0 radical (unpaired) electrons. The number of aromatic nitrogens is 1. The molecule has 17 heteroatoms. The Morgan fingerprint density at radius 3 is 2.32 bits per heavy atom. The smallest absolute Gasteiger partial charge is 0.327 e. The molecule has 0 spiro atoms. The van der Waals surface area contributed by atoms with E-state index in [-0.39, 0.29) is 73.5 Å². The Morgan fingerprint density at radius 1 is 0.962 bits per heavy atom. The molecule has 0 bridgehead atoms. The van der Waals surface area contributed by atoms with Gasteiger partial charge in [-0.2, -0.15) is 0 Å². The Morgan fingerprint density at radius 2 is 1.67 bits per heavy atom. The van der Waals surface area contributed by atoms with Gasteiger partial charge in [0.15, 0.2) is 0 Å². The zero-order valence-electron chi connectivity index (χ0n) is 46.6. The number of ether oxygens (including phenoxy) is 2. The van der Waals surface area contributed by atoms with Gasteiger partial charge in [-0.05, 0) is 107 Å². The van der Waals surface area contributed by atoms with Crippen LogP contribution in [0.2, 0.25) is 0 Å². The maximum Gasteiger partial charge on any atom is 0.327 e. The van der Waals surface area contributed by atoms with Gasteiger partial charge in [0.1, 0.15) is 41.2 Å². The normalized spacial score (nSPS) is 22.2. The maximum absolute atomic E-state index is 16.1. The van der Waals surface area contributed by atoms with E-state index < -0.39 is 52.9 Å². The number of rotatable bonds is 23. The monoisotopic (exact) mass is 1100 g/mol. The maximum atomic E-state index is 16.1. The van der Waals surface area contributed by atoms with E-state index in [2.05, 4.69) is 32.3 Å². The van der Waals surface area contributed by atoms with Crippen molar-refractivity contribution in [2.75, 3.05) is 26.2 Å². The zero-order valence-corrected chi connectivity index (χ0v) is 47.4. The van der Waals surface area contributed by atoms with Gasteiger partial charge in [-0.1, -0.05) is 95.7 Å². The van der Waals surface area contributed by atoms with E-state index >= 15 is 13.2 Å². The fourth-order valence-electron chi connectivity index (χ4n) is 11.5. The van der Waals surface area contributed by atoms with Gasteiger partial charge < -0.3 is 35.6 Å². The number of nitrogens with one attached hydrogen (secondary N) is 4. The molecule has 8 rings (SSSR count). The number of unbranched alkanes of at least 4 members (excludes halogenated alkanes) is 7. The van der Waals surface area contributed by atoms with Crippen molar-refractivity contribution in [1.29, 1.82) is 0 Å². The number of aryl methyl sites for hydroxylation is 1. The topological polar surface area (TPSA) is 154 Å². The van der Waals surface area contributed by atoms with E-state index in [1.807, 2.05) is 81.4 Å². The Balaban J connectivity index is 0.771. The number of esters is 1. The number of fused-ring (bicyclic) bond motifs is 2. The summed E-state index contributed by atoms with van der Waals surface area (Å²) in [5.41, 5.74) is 5.90. The first-order valence-corrected chi connectivity index (χ1v) is 29.1. The minimum Gasteiger partial charge on any atom is -0.493 e. The van der Waals surface area contributed by atoms with Crippen LogP contribution in [0.4, 0.5) is 13.2 Å². The van der Waals surface area contributed by atoms with Crippen LogP contribution in [-0.4, -0.2) is 94.6 Å². The average Bonchev–Trinajstić information content (AvgIpc) is 4.38. The van der Waals surface area contributed by atoms with E-state index in [0.29, 0.717) is 31.4 Å². The van der Waals surface area contributed by atoms with Gasteiger partial charge in [0.2, 0.25) is 17.7 Å². The van der Waals surface area contributed by atoms with Crippen LogP contribution in [0.3, 0.4) is 0 Å². The number of thiazole rings is 1. The number of halogens is 3. The molecule has 3 aromatic rings. The number of benzene rings is 2. The highest BCUT2D eigenvalue weighted by Crippen LogP contribution is 2.49. The number of hydrogen-bond donors (Lipinski definition) is 4. The summed E-state index contributed by atoms with van der Waals surface area (Å²) >= 11 is 1.57. The van der Waals surface area contributed by atoms with Gasteiger partial charge in [0.25, 0.3) is 0 Å². The molecule has 4 N–H and O–H groups in total. The highest BCUT2D eigenvalue weighted by molar-refractivity contribution is 7.13. The molecule has 2 aromatic carbocycles. The minimum atomic E-state index is -1.58. The summed E-state index contributed by atoms with van der Waals surface area (Å²) in [4.78, 5) is 63.6. The van der Waals surface area contributed by atoms with Crippen LogP contribution in [0.25, 0.3) is 10.4 Å². The van der Waals surface area contributed by atoms with Crippen molar-refractivity contribution in [3.63, 3.8) is 0 Å². The molecule has 1 unspecified atom stereocenters. The lowest BCUT2D eigenvalue weighted by atomic mass is 9.82. The molecule has 78 heavy (non-hydrogen) atoms. The predicted octanol–water partition coefficient (Wildman–Crippen LogP) is 11.1. The molecule has 2 saturated heterocycles. The third-order valence-corrected chi connectivity index (χ3v) is 16.6. The fraction of sp³-hybridized carbons (Fsp3) is 0.557. The number of nitrogens with zero attached hydrogens (tertiary/aromatic N) is 3. The molecule has 6 atom stereocenters. The van der Waals surface area contributed by atoms with E-state index in [1.165, 1.54) is 37.1 Å². The van der Waals surface area contributed by atoms with Crippen LogP contribution < -0.4 is 26.0 Å². The summed E-state index contributed by atoms with van der Waals surface area (Å²) < 4.78 is 58.9. The first kappa shape index (κ1) is 58.4. The Kier molecular flexibility index (Phi) is 19.5. The molecule has 422 valence electrons. The summed E-state index contributed by atoms with van der Waals surface area (Å²) in [6.07, 6.45) is 18.0. The third-order valence-electron chi connectivity index (χ3n) is 15.7. The summed E-state index contributed by atoms with van der Waals surface area (Å²) in [5, 5.41) is 12.7. The van der Waals surface area contributed by atoms with Crippen molar-refractivity contribution >= 4 is 35.0 Å². The number of carbonyl (C=O) groups excluding carboxylic acids is 4. The van der Waals surface area contributed by atoms with Crippen LogP contribution in [0.5, 0.6) is 5.75 Å². The molecule has 3 amide bonds. The standard InChI is InChI=1S/C61H80F3N7O6S/c1-38-29-45-44-19-15-16-20-48(44)68-53(45)54(71(38)36-61(6,7)64)52-46(62)31-43(32-47(52)63)76-28-17-13-11-9-8-10-12-14-22-51(72)69-56(60(3,4)5)58(74)70-34-41(35-77-59(75)49-21-18-27-65-49)30-50(70)57(73)66-33-40-23-25-42(26-24-40)55-39(2)67-37-78-55/h15-16,20,23-26,31-32,35,37-38,44,49-50,54,56,65,68H,8-14,17-19,21-22,27-30,33-34,36H2,1-7H3,(H,66,73)(H,69,72)/t38-,44?,49+,50+,54-,56-/m1/s1. The van der Waals surface area contributed by atoms with Crippen molar-refractivity contribution in [2.45, 2.75) is 181 Å². The molecule has 1 aromatic heterocycles. The van der Waals surface area contributed by atoms with Crippen molar-refractivity contribution in [1.82, 2.24) is 36.1 Å². The number of amides is 3. The van der Waals surface area contributed by atoms with Gasteiger partial charge in [-0.15, -0.1) is 11.3 Å². The lowest BCUT2D eigenvalue weighted by Gasteiger charge is -2.44. The molecule has 13 nitrogen and oxygen atoms in total. The van der Waals surface area contributed by atoms with E-state index in [4.69, 9.17) is 9.47 Å². The second kappa shape index (κ2) is 26.0. The molecule has 5 aliphatic rings. The lowest BCUT2D eigenvalue weighted by Crippen LogP contribution is -2.57. The summed E-state index contributed by atoms with van der Waals surface area (Å²) in [5.74, 6) is -2.51. The number of carbonyl (C=O) groups is 4. The van der Waals surface area contributed by atoms with Gasteiger partial charge in [-0.25, -0.2) is 22.9 Å². The SMILES string of the molecule is Cc1ncsc1-c1ccc(CNC(=O)[C@@H]2CC(=COC(=O)[C@@H]3CCCN3)CN2C(=O)[C@@H](NC(=O)CCCCCCCCCCOc2cc(F)c([C@@H]3C4=C(C[C@@H](C)N3CC(C)(C)F)C3CC=CC=C3N4)c(F)c2)C(C)(C)C)cc1. The fourth-order valence-corrected chi connectivity index (χ4v) is 12.3. The van der Waals surface area contributed by atoms with Crippen LogP contribution in [0.15, 0.2) is 88.9 Å².